The number of nitrogens with zero attached hydrogens (tertiary/aromatic N) is 1. The van der Waals surface area contributed by atoms with Gasteiger partial charge in [-0.15, -0.1) is 0 Å². The van der Waals surface area contributed by atoms with Crippen LogP contribution in [0.5, 0.6) is 17.2 Å². The summed E-state index contributed by atoms with van der Waals surface area (Å²) in [4.78, 5) is 17.9. The molecule has 2 N–H and O–H groups in total. The third-order valence-corrected chi connectivity index (χ3v) is 5.24. The predicted octanol–water partition coefficient (Wildman–Crippen LogP) is 3.63. The molecule has 1 aromatic heterocycles. The van der Waals surface area contributed by atoms with Gasteiger partial charge >= 0.3 is 0 Å². The van der Waals surface area contributed by atoms with E-state index in [4.69, 9.17) is 14.2 Å². The van der Waals surface area contributed by atoms with E-state index in [1.807, 2.05) is 30.3 Å². The van der Waals surface area contributed by atoms with Crippen LogP contribution in [-0.2, 0) is 17.8 Å². The van der Waals surface area contributed by atoms with Gasteiger partial charge < -0.3 is 29.4 Å². The summed E-state index contributed by atoms with van der Waals surface area (Å²) in [5.41, 5.74) is 4.20. The number of aromatic nitrogens is 1. The van der Waals surface area contributed by atoms with Gasteiger partial charge in [-0.3, -0.25) is 4.79 Å². The van der Waals surface area contributed by atoms with E-state index in [1.54, 1.807) is 27.4 Å². The molecule has 3 rings (SSSR count). The molecule has 0 aliphatic carbocycles. The molecule has 2 aromatic carbocycles. The van der Waals surface area contributed by atoms with Crippen LogP contribution < -0.4 is 19.5 Å². The van der Waals surface area contributed by atoms with Gasteiger partial charge in [0.1, 0.15) is 0 Å². The fourth-order valence-corrected chi connectivity index (χ4v) is 3.51. The van der Waals surface area contributed by atoms with Crippen LogP contribution in [0.3, 0.4) is 0 Å². The largest absolute Gasteiger partial charge is 0.493 e. The van der Waals surface area contributed by atoms with Crippen LogP contribution >= 0.6 is 0 Å². The first-order chi connectivity index (χ1) is 15.4. The van der Waals surface area contributed by atoms with Gasteiger partial charge in [0.15, 0.2) is 11.5 Å². The van der Waals surface area contributed by atoms with Crippen LogP contribution in [0.15, 0.2) is 42.6 Å². The number of methoxy groups -OCH3 is 3. The summed E-state index contributed by atoms with van der Waals surface area (Å²) in [6.07, 6.45) is 6.40. The second-order valence-electron chi connectivity index (χ2n) is 7.76. The van der Waals surface area contributed by atoms with E-state index < -0.39 is 0 Å². The molecule has 170 valence electrons. The lowest BCUT2D eigenvalue weighted by Crippen LogP contribution is -2.20. The van der Waals surface area contributed by atoms with Crippen molar-refractivity contribution in [2.24, 2.45) is 0 Å². The number of nitrogens with one attached hydrogen (secondary N) is 2. The van der Waals surface area contributed by atoms with E-state index in [2.05, 4.69) is 41.6 Å². The topological polar surface area (TPSA) is 75.8 Å². The number of ether oxygens (including phenoxy) is 3. The lowest BCUT2D eigenvalue weighted by Gasteiger charge is -2.14. The zero-order valence-corrected chi connectivity index (χ0v) is 19.3. The second kappa shape index (κ2) is 10.7. The fraction of sp³-hybridized carbons (Fsp3) is 0.320. The van der Waals surface area contributed by atoms with Crippen LogP contribution in [0.1, 0.15) is 16.7 Å². The standard InChI is InChI=1S/C25H31N3O4/c1-28(2)11-10-19-16-26-21-8-6-17(12-20(19)21)7-9-24(29)27-15-18-13-22(30-3)25(32-5)23(14-18)31-4/h6-9,12-14,16,26H,10-11,15H2,1-5H3,(H,27,29)/b9-7+. The molecule has 0 saturated heterocycles. The molecule has 0 radical (unpaired) electrons. The average Bonchev–Trinajstić information content (AvgIpc) is 3.21. The van der Waals surface area contributed by atoms with Crippen molar-refractivity contribution < 1.29 is 19.0 Å². The molecule has 1 heterocycles. The molecule has 0 saturated carbocycles. The van der Waals surface area contributed by atoms with Crippen molar-refractivity contribution in [3.63, 3.8) is 0 Å². The summed E-state index contributed by atoms with van der Waals surface area (Å²) in [5, 5.41) is 4.08. The number of hydrogen-bond donors (Lipinski definition) is 2. The molecule has 0 aliphatic rings. The van der Waals surface area contributed by atoms with Gasteiger partial charge in [0.25, 0.3) is 0 Å². The normalized spacial score (nSPS) is 11.3. The first-order valence-electron chi connectivity index (χ1n) is 10.4. The van der Waals surface area contributed by atoms with E-state index >= 15 is 0 Å². The van der Waals surface area contributed by atoms with Crippen LogP contribution in [0, 0.1) is 0 Å². The number of carbonyl (C=O) groups excluding carboxylic acids is 1. The van der Waals surface area contributed by atoms with E-state index in [9.17, 15) is 4.79 Å². The van der Waals surface area contributed by atoms with Gasteiger partial charge in [0, 0.05) is 36.3 Å². The average molecular weight is 438 g/mol. The molecule has 0 spiro atoms. The highest BCUT2D eigenvalue weighted by atomic mass is 16.5. The van der Waals surface area contributed by atoms with Crippen molar-refractivity contribution in [3.8, 4) is 17.2 Å². The van der Waals surface area contributed by atoms with Gasteiger partial charge in [-0.2, -0.15) is 0 Å². The number of fused-ring (bicyclic) bond motifs is 1. The summed E-state index contributed by atoms with van der Waals surface area (Å²) in [6.45, 7) is 1.32. The molecule has 0 aliphatic heterocycles. The van der Waals surface area contributed by atoms with Gasteiger partial charge in [-0.25, -0.2) is 0 Å². The third-order valence-electron chi connectivity index (χ3n) is 5.24. The maximum atomic E-state index is 12.4. The van der Waals surface area contributed by atoms with E-state index in [-0.39, 0.29) is 5.91 Å². The van der Waals surface area contributed by atoms with E-state index in [0.29, 0.717) is 23.8 Å². The molecule has 1 amide bonds. The SMILES string of the molecule is COc1cc(CNC(=O)/C=C/c2ccc3[nH]cc(CCN(C)C)c3c2)cc(OC)c1OC. The number of aromatic amines is 1. The third kappa shape index (κ3) is 5.62. The zero-order valence-electron chi connectivity index (χ0n) is 19.3. The Bertz CT molecular complexity index is 1080. The van der Waals surface area contributed by atoms with Crippen molar-refractivity contribution in [1.29, 1.82) is 0 Å². The highest BCUT2D eigenvalue weighted by Gasteiger charge is 2.13. The van der Waals surface area contributed by atoms with Gasteiger partial charge in [-0.1, -0.05) is 6.07 Å². The zero-order chi connectivity index (χ0) is 23.1. The van der Waals surface area contributed by atoms with Gasteiger partial charge in [-0.05, 0) is 67.5 Å². The Morgan fingerprint density at radius 3 is 2.41 bits per heavy atom. The van der Waals surface area contributed by atoms with Crippen molar-refractivity contribution >= 4 is 22.9 Å². The molecular weight excluding hydrogens is 406 g/mol. The minimum absolute atomic E-state index is 0.180. The lowest BCUT2D eigenvalue weighted by atomic mass is 10.1. The van der Waals surface area contributed by atoms with Crippen LogP contribution in [0.25, 0.3) is 17.0 Å². The predicted molar refractivity (Wildman–Crippen MR) is 128 cm³/mol. The summed E-state index contributed by atoms with van der Waals surface area (Å²) >= 11 is 0. The van der Waals surface area contributed by atoms with Crippen molar-refractivity contribution in [3.05, 3.63) is 59.3 Å². The highest BCUT2D eigenvalue weighted by molar-refractivity contribution is 5.93. The maximum Gasteiger partial charge on any atom is 0.244 e. The van der Waals surface area contributed by atoms with Crippen LogP contribution in [-0.4, -0.2) is 57.8 Å². The number of hydrogen-bond acceptors (Lipinski definition) is 5. The summed E-state index contributed by atoms with van der Waals surface area (Å²) < 4.78 is 16.1. The number of benzene rings is 2. The Balaban J connectivity index is 1.67. The Labute approximate surface area is 189 Å². The summed E-state index contributed by atoms with van der Waals surface area (Å²) in [5.74, 6) is 1.45. The molecule has 0 fully saturated rings. The maximum absolute atomic E-state index is 12.4. The fourth-order valence-electron chi connectivity index (χ4n) is 3.51. The van der Waals surface area contributed by atoms with E-state index in [1.165, 1.54) is 10.9 Å². The van der Waals surface area contributed by atoms with Gasteiger partial charge in [0.05, 0.1) is 21.3 Å². The first-order valence-corrected chi connectivity index (χ1v) is 10.4. The second-order valence-corrected chi connectivity index (χ2v) is 7.76. The number of amides is 1. The Morgan fingerprint density at radius 2 is 1.78 bits per heavy atom. The molecule has 0 atom stereocenters. The Kier molecular flexibility index (Phi) is 7.78. The van der Waals surface area contributed by atoms with E-state index in [0.717, 1.165) is 29.6 Å². The minimum Gasteiger partial charge on any atom is -0.493 e. The smallest absolute Gasteiger partial charge is 0.244 e. The van der Waals surface area contributed by atoms with Gasteiger partial charge in [0.2, 0.25) is 11.7 Å². The number of likely N-dealkylation sites (N-methyl/N-ethyl adjacent to an activating group) is 1. The van der Waals surface area contributed by atoms with Crippen LogP contribution in [0.2, 0.25) is 0 Å². The molecule has 3 aromatic rings. The molecule has 7 nitrogen and oxygen atoms in total. The minimum atomic E-state index is -0.180. The monoisotopic (exact) mass is 437 g/mol. The molecular formula is C25H31N3O4. The first kappa shape index (κ1) is 23.2. The van der Waals surface area contributed by atoms with Crippen molar-refractivity contribution in [1.82, 2.24) is 15.2 Å². The molecule has 32 heavy (non-hydrogen) atoms. The highest BCUT2D eigenvalue weighted by Crippen LogP contribution is 2.38. The number of H-pyrrole nitrogens is 1. The number of rotatable bonds is 10. The molecule has 0 bridgehead atoms. The summed E-state index contributed by atoms with van der Waals surface area (Å²) in [6, 6.07) is 9.79. The van der Waals surface area contributed by atoms with Crippen molar-refractivity contribution in [2.75, 3.05) is 42.0 Å². The lowest BCUT2D eigenvalue weighted by molar-refractivity contribution is -0.116. The Morgan fingerprint density at radius 1 is 1.06 bits per heavy atom. The molecule has 0 unspecified atom stereocenters. The van der Waals surface area contributed by atoms with Crippen LogP contribution in [0.4, 0.5) is 0 Å². The Hall–Kier alpha value is -3.45. The van der Waals surface area contributed by atoms with Crippen molar-refractivity contribution in [2.45, 2.75) is 13.0 Å². The number of carbonyl (C=O) groups is 1. The molecule has 7 heteroatoms. The summed E-state index contributed by atoms with van der Waals surface area (Å²) in [7, 11) is 8.83. The quantitative estimate of drug-likeness (QED) is 0.474.